The molecular weight excluding hydrogens is 180 g/mol. The van der Waals surface area contributed by atoms with Gasteiger partial charge in [-0.1, -0.05) is 19.3 Å². The first-order valence-corrected chi connectivity index (χ1v) is 5.03. The predicted octanol–water partition coefficient (Wildman–Crippen LogP) is 2.57. The van der Waals surface area contributed by atoms with Gasteiger partial charge >= 0.3 is 5.97 Å². The lowest BCUT2D eigenvalue weighted by atomic mass is 9.72. The third-order valence-corrected chi connectivity index (χ3v) is 3.11. The van der Waals surface area contributed by atoms with Crippen LogP contribution in [0, 0.1) is 0 Å². The summed E-state index contributed by atoms with van der Waals surface area (Å²) in [7, 11) is 0. The van der Waals surface area contributed by atoms with E-state index in [9.17, 15) is 9.90 Å². The molecule has 1 aromatic heterocycles. The number of carboxylic acid groups (broad SMARTS) is 1. The van der Waals surface area contributed by atoms with Crippen LogP contribution in [0.15, 0.2) is 22.8 Å². The third-order valence-electron chi connectivity index (χ3n) is 3.11. The molecule has 1 heterocycles. The second-order valence-electron chi connectivity index (χ2n) is 3.93. The fourth-order valence-electron chi connectivity index (χ4n) is 2.27. The molecule has 1 aliphatic rings. The van der Waals surface area contributed by atoms with Crippen LogP contribution in [0.4, 0.5) is 0 Å². The van der Waals surface area contributed by atoms with Crippen molar-refractivity contribution >= 4 is 5.97 Å². The van der Waals surface area contributed by atoms with Crippen LogP contribution in [-0.2, 0) is 10.2 Å². The zero-order chi connectivity index (χ0) is 10.0. The van der Waals surface area contributed by atoms with Gasteiger partial charge in [-0.3, -0.25) is 4.79 Å². The minimum Gasteiger partial charge on any atom is -0.480 e. The van der Waals surface area contributed by atoms with E-state index in [2.05, 4.69) is 0 Å². The Morgan fingerprint density at radius 3 is 2.57 bits per heavy atom. The minimum absolute atomic E-state index is 0.615. The smallest absolute Gasteiger partial charge is 0.317 e. The Hall–Kier alpha value is -1.25. The molecule has 3 nitrogen and oxygen atoms in total. The zero-order valence-corrected chi connectivity index (χ0v) is 8.03. The number of furan rings is 1. The van der Waals surface area contributed by atoms with Crippen LogP contribution in [0.3, 0.4) is 0 Å². The number of rotatable bonds is 2. The lowest BCUT2D eigenvalue weighted by Gasteiger charge is -2.30. The van der Waals surface area contributed by atoms with Gasteiger partial charge in [-0.2, -0.15) is 0 Å². The van der Waals surface area contributed by atoms with Gasteiger partial charge in [0.15, 0.2) is 0 Å². The van der Waals surface area contributed by atoms with E-state index in [4.69, 9.17) is 4.42 Å². The summed E-state index contributed by atoms with van der Waals surface area (Å²) in [5, 5.41) is 9.30. The topological polar surface area (TPSA) is 50.4 Å². The van der Waals surface area contributed by atoms with Crippen molar-refractivity contribution in [2.24, 2.45) is 0 Å². The van der Waals surface area contributed by atoms with Crippen LogP contribution >= 0.6 is 0 Å². The Kier molecular flexibility index (Phi) is 2.32. The van der Waals surface area contributed by atoms with E-state index in [0.717, 1.165) is 19.3 Å². The summed E-state index contributed by atoms with van der Waals surface area (Å²) >= 11 is 0. The molecule has 76 valence electrons. The number of aliphatic carboxylic acids is 1. The van der Waals surface area contributed by atoms with Crippen molar-refractivity contribution in [3.8, 4) is 0 Å². The first-order chi connectivity index (χ1) is 6.76. The number of carbonyl (C=O) groups is 1. The summed E-state index contributed by atoms with van der Waals surface area (Å²) in [6.07, 6.45) is 6.05. The molecule has 0 saturated heterocycles. The van der Waals surface area contributed by atoms with Crippen molar-refractivity contribution in [3.63, 3.8) is 0 Å². The molecule has 14 heavy (non-hydrogen) atoms. The SMILES string of the molecule is O=C(O)C1(c2ccco2)CCCCC1. The van der Waals surface area contributed by atoms with Crippen LogP contribution in [0.2, 0.25) is 0 Å². The van der Waals surface area contributed by atoms with E-state index in [0.29, 0.717) is 18.6 Å². The van der Waals surface area contributed by atoms with Crippen molar-refractivity contribution in [1.29, 1.82) is 0 Å². The van der Waals surface area contributed by atoms with E-state index in [1.54, 1.807) is 18.4 Å². The van der Waals surface area contributed by atoms with Crippen LogP contribution in [0.5, 0.6) is 0 Å². The van der Waals surface area contributed by atoms with Gasteiger partial charge in [0.1, 0.15) is 11.2 Å². The molecule has 1 aromatic rings. The first kappa shape index (κ1) is 9.31. The van der Waals surface area contributed by atoms with Gasteiger partial charge in [0.2, 0.25) is 0 Å². The summed E-state index contributed by atoms with van der Waals surface area (Å²) in [6, 6.07) is 3.54. The van der Waals surface area contributed by atoms with Crippen LogP contribution in [-0.4, -0.2) is 11.1 Å². The standard InChI is InChI=1S/C11H14O3/c12-10(13)11(6-2-1-3-7-11)9-5-4-8-14-9/h4-5,8H,1-3,6-7H2,(H,12,13). The molecule has 1 N–H and O–H groups in total. The molecule has 1 fully saturated rings. The number of hydrogen-bond donors (Lipinski definition) is 1. The van der Waals surface area contributed by atoms with E-state index in [1.165, 1.54) is 0 Å². The maximum absolute atomic E-state index is 11.3. The van der Waals surface area contributed by atoms with Gasteiger partial charge in [0, 0.05) is 0 Å². The second-order valence-corrected chi connectivity index (χ2v) is 3.93. The lowest BCUT2D eigenvalue weighted by molar-refractivity contribution is -0.146. The molecule has 0 aromatic carbocycles. The quantitative estimate of drug-likeness (QED) is 0.787. The summed E-state index contributed by atoms with van der Waals surface area (Å²) in [4.78, 5) is 11.3. The highest BCUT2D eigenvalue weighted by Crippen LogP contribution is 2.39. The van der Waals surface area contributed by atoms with Crippen molar-refractivity contribution in [1.82, 2.24) is 0 Å². The molecule has 1 aliphatic carbocycles. The van der Waals surface area contributed by atoms with Crippen molar-refractivity contribution in [3.05, 3.63) is 24.2 Å². The van der Waals surface area contributed by atoms with E-state index < -0.39 is 11.4 Å². The van der Waals surface area contributed by atoms with Crippen LogP contribution in [0.25, 0.3) is 0 Å². The average molecular weight is 194 g/mol. The van der Waals surface area contributed by atoms with E-state index >= 15 is 0 Å². The molecule has 1 saturated carbocycles. The summed E-state index contributed by atoms with van der Waals surface area (Å²) in [6.45, 7) is 0. The highest BCUT2D eigenvalue weighted by atomic mass is 16.4. The van der Waals surface area contributed by atoms with Gasteiger partial charge in [0.05, 0.1) is 6.26 Å². The third kappa shape index (κ3) is 1.33. The molecule has 0 bridgehead atoms. The monoisotopic (exact) mass is 194 g/mol. The summed E-state index contributed by atoms with van der Waals surface area (Å²) < 4.78 is 5.26. The molecule has 0 radical (unpaired) electrons. The van der Waals surface area contributed by atoms with Gasteiger partial charge in [0.25, 0.3) is 0 Å². The normalized spacial score (nSPS) is 20.6. The Labute approximate surface area is 82.7 Å². The van der Waals surface area contributed by atoms with Gasteiger partial charge in [-0.05, 0) is 25.0 Å². The Balaban J connectivity index is 2.35. The summed E-state index contributed by atoms with van der Waals surface area (Å²) in [5.41, 5.74) is -0.748. The van der Waals surface area contributed by atoms with Crippen molar-refractivity contribution < 1.29 is 14.3 Å². The number of hydrogen-bond acceptors (Lipinski definition) is 2. The van der Waals surface area contributed by atoms with Gasteiger partial charge < -0.3 is 9.52 Å². The molecule has 0 atom stereocenters. The molecule has 0 unspecified atom stereocenters. The highest BCUT2D eigenvalue weighted by Gasteiger charge is 2.43. The molecular formula is C11H14O3. The van der Waals surface area contributed by atoms with E-state index in [1.807, 2.05) is 0 Å². The maximum atomic E-state index is 11.3. The summed E-state index contributed by atoms with van der Waals surface area (Å²) in [5.74, 6) is -0.128. The van der Waals surface area contributed by atoms with Crippen LogP contribution < -0.4 is 0 Å². The fraction of sp³-hybridized carbons (Fsp3) is 0.545. The zero-order valence-electron chi connectivity index (χ0n) is 8.03. The van der Waals surface area contributed by atoms with Crippen molar-refractivity contribution in [2.45, 2.75) is 37.5 Å². The minimum atomic E-state index is -0.748. The first-order valence-electron chi connectivity index (χ1n) is 5.03. The lowest BCUT2D eigenvalue weighted by Crippen LogP contribution is -2.37. The molecule has 2 rings (SSSR count). The predicted molar refractivity (Wildman–Crippen MR) is 51.1 cm³/mol. The molecule has 3 heteroatoms. The van der Waals surface area contributed by atoms with Crippen molar-refractivity contribution in [2.75, 3.05) is 0 Å². The Bertz CT molecular complexity index is 307. The van der Waals surface area contributed by atoms with Gasteiger partial charge in [-0.15, -0.1) is 0 Å². The average Bonchev–Trinajstić information content (AvgIpc) is 2.72. The Morgan fingerprint density at radius 1 is 1.36 bits per heavy atom. The van der Waals surface area contributed by atoms with Gasteiger partial charge in [-0.25, -0.2) is 0 Å². The highest BCUT2D eigenvalue weighted by molar-refractivity contribution is 5.80. The number of carboxylic acids is 1. The molecule has 0 aliphatic heterocycles. The van der Waals surface area contributed by atoms with Crippen LogP contribution in [0.1, 0.15) is 37.9 Å². The second kappa shape index (κ2) is 3.48. The maximum Gasteiger partial charge on any atom is 0.317 e. The molecule has 0 amide bonds. The van der Waals surface area contributed by atoms with E-state index in [-0.39, 0.29) is 0 Å². The largest absolute Gasteiger partial charge is 0.480 e. The molecule has 0 spiro atoms. The Morgan fingerprint density at radius 2 is 2.07 bits per heavy atom. The fourth-order valence-corrected chi connectivity index (χ4v) is 2.27.